The van der Waals surface area contributed by atoms with E-state index in [-0.39, 0.29) is 0 Å². The van der Waals surface area contributed by atoms with Gasteiger partial charge in [0.25, 0.3) is 0 Å². The van der Waals surface area contributed by atoms with E-state index in [4.69, 9.17) is 11.0 Å². The summed E-state index contributed by atoms with van der Waals surface area (Å²) >= 11 is 1.76. The molecule has 0 aliphatic carbocycles. The van der Waals surface area contributed by atoms with Gasteiger partial charge in [0, 0.05) is 11.0 Å². The van der Waals surface area contributed by atoms with Gasteiger partial charge in [-0.25, -0.2) is 0 Å². The van der Waals surface area contributed by atoms with E-state index in [1.54, 1.807) is 18.7 Å². The van der Waals surface area contributed by atoms with Crippen LogP contribution in [0.5, 0.6) is 0 Å². The van der Waals surface area contributed by atoms with Gasteiger partial charge in [0.1, 0.15) is 5.54 Å². The topological polar surface area (TPSA) is 49.8 Å². The lowest BCUT2D eigenvalue weighted by Gasteiger charge is -2.16. The molecule has 0 aliphatic rings. The molecule has 2 N–H and O–H groups in total. The molecular weight excluding hydrogens is 156 g/mol. The first-order chi connectivity index (χ1) is 5.02. The molecule has 2 unspecified atom stereocenters. The summed E-state index contributed by atoms with van der Waals surface area (Å²) in [5, 5.41) is 9.19. The summed E-state index contributed by atoms with van der Waals surface area (Å²) in [6.07, 6.45) is 1.13. The largest absolute Gasteiger partial charge is 0.313 e. The van der Waals surface area contributed by atoms with E-state index in [0.29, 0.717) is 5.25 Å². The minimum Gasteiger partial charge on any atom is -0.313 e. The van der Waals surface area contributed by atoms with Crippen molar-refractivity contribution in [3.8, 4) is 6.07 Å². The van der Waals surface area contributed by atoms with Gasteiger partial charge in [-0.3, -0.25) is 0 Å². The van der Waals surface area contributed by atoms with Gasteiger partial charge in [-0.05, 0) is 13.3 Å². The lowest BCUT2D eigenvalue weighted by atomic mass is 10.1. The molecule has 64 valence electrons. The summed E-state index contributed by atoms with van der Waals surface area (Å²) in [4.78, 5) is 0. The maximum absolute atomic E-state index is 8.59. The van der Waals surface area contributed by atoms with Gasteiger partial charge in [-0.1, -0.05) is 13.8 Å². The smallest absolute Gasteiger partial charge is 0.110 e. The SMILES string of the molecule is CCC(C)SCC(C)(N)C#N. The molecule has 0 aromatic rings. The Balaban J connectivity index is 3.63. The van der Waals surface area contributed by atoms with Crippen LogP contribution in [-0.4, -0.2) is 16.5 Å². The Morgan fingerprint density at radius 3 is 2.64 bits per heavy atom. The Labute approximate surface area is 73.1 Å². The third kappa shape index (κ3) is 5.11. The lowest BCUT2D eigenvalue weighted by Crippen LogP contribution is -2.37. The molecule has 3 heteroatoms. The predicted octanol–water partition coefficient (Wildman–Crippen LogP) is 1.76. The van der Waals surface area contributed by atoms with E-state index >= 15 is 0 Å². The van der Waals surface area contributed by atoms with Gasteiger partial charge in [0.2, 0.25) is 0 Å². The minimum absolute atomic E-state index is 0.603. The third-order valence-corrected chi connectivity index (χ3v) is 3.17. The summed E-state index contributed by atoms with van der Waals surface area (Å²) in [5.74, 6) is 0.721. The molecule has 0 saturated heterocycles. The molecule has 0 aliphatic heterocycles. The second kappa shape index (κ2) is 4.63. The fraction of sp³-hybridized carbons (Fsp3) is 0.875. The van der Waals surface area contributed by atoms with Gasteiger partial charge < -0.3 is 5.73 Å². The van der Waals surface area contributed by atoms with Crippen LogP contribution in [0.15, 0.2) is 0 Å². The first kappa shape index (κ1) is 10.8. The molecule has 0 amide bonds. The molecular formula is C8H16N2S. The molecule has 0 aromatic carbocycles. The maximum atomic E-state index is 8.59. The number of hydrogen-bond donors (Lipinski definition) is 1. The van der Waals surface area contributed by atoms with E-state index in [1.807, 2.05) is 0 Å². The molecule has 2 nitrogen and oxygen atoms in total. The average Bonchev–Trinajstić information content (AvgIpc) is 2.00. The molecule has 0 aromatic heterocycles. The fourth-order valence-corrected chi connectivity index (χ4v) is 1.40. The summed E-state index contributed by atoms with van der Waals surface area (Å²) in [6, 6.07) is 2.08. The molecule has 11 heavy (non-hydrogen) atoms. The van der Waals surface area contributed by atoms with Gasteiger partial charge >= 0.3 is 0 Å². The Kier molecular flexibility index (Phi) is 4.55. The first-order valence-electron chi connectivity index (χ1n) is 3.83. The van der Waals surface area contributed by atoms with Crippen LogP contribution in [0.25, 0.3) is 0 Å². The van der Waals surface area contributed by atoms with Gasteiger partial charge in [0.05, 0.1) is 6.07 Å². The van der Waals surface area contributed by atoms with E-state index < -0.39 is 5.54 Å². The zero-order valence-corrected chi connectivity index (χ0v) is 8.24. The van der Waals surface area contributed by atoms with E-state index in [0.717, 1.165) is 12.2 Å². The highest BCUT2D eigenvalue weighted by Gasteiger charge is 2.17. The van der Waals surface area contributed by atoms with Crippen molar-refractivity contribution in [2.45, 2.75) is 38.0 Å². The van der Waals surface area contributed by atoms with Crippen LogP contribution in [0.1, 0.15) is 27.2 Å². The van der Waals surface area contributed by atoms with Crippen LogP contribution in [-0.2, 0) is 0 Å². The second-order valence-electron chi connectivity index (χ2n) is 3.06. The number of nitriles is 1. The first-order valence-corrected chi connectivity index (χ1v) is 4.88. The number of thioether (sulfide) groups is 1. The molecule has 0 heterocycles. The van der Waals surface area contributed by atoms with Gasteiger partial charge in [-0.15, -0.1) is 0 Å². The van der Waals surface area contributed by atoms with Crippen molar-refractivity contribution in [3.05, 3.63) is 0 Å². The van der Waals surface area contributed by atoms with Crippen LogP contribution in [0.2, 0.25) is 0 Å². The van der Waals surface area contributed by atoms with Crippen molar-refractivity contribution in [3.63, 3.8) is 0 Å². The zero-order valence-electron chi connectivity index (χ0n) is 7.42. The van der Waals surface area contributed by atoms with E-state index in [1.165, 1.54) is 0 Å². The quantitative estimate of drug-likeness (QED) is 0.703. The number of rotatable bonds is 4. The molecule has 0 saturated carbocycles. The fourth-order valence-electron chi connectivity index (χ4n) is 0.465. The van der Waals surface area contributed by atoms with E-state index in [9.17, 15) is 0 Å². The Bertz CT molecular complexity index is 149. The van der Waals surface area contributed by atoms with Crippen LogP contribution in [0.4, 0.5) is 0 Å². The van der Waals surface area contributed by atoms with Crippen molar-refractivity contribution < 1.29 is 0 Å². The van der Waals surface area contributed by atoms with Crippen LogP contribution in [0.3, 0.4) is 0 Å². The normalized spacial score (nSPS) is 18.5. The summed E-state index contributed by atoms with van der Waals surface area (Å²) < 4.78 is 0. The summed E-state index contributed by atoms with van der Waals surface area (Å²) in [5.41, 5.74) is 4.98. The van der Waals surface area contributed by atoms with Crippen LogP contribution in [0, 0.1) is 11.3 Å². The monoisotopic (exact) mass is 172 g/mol. The Hall–Kier alpha value is -0.200. The van der Waals surface area contributed by atoms with Crippen LogP contribution >= 0.6 is 11.8 Å². The molecule has 0 spiro atoms. The number of nitrogens with two attached hydrogens (primary N) is 1. The minimum atomic E-state index is -0.659. The average molecular weight is 172 g/mol. The van der Waals surface area contributed by atoms with Crippen molar-refractivity contribution in [1.29, 1.82) is 5.26 Å². The van der Waals surface area contributed by atoms with Crippen molar-refractivity contribution in [2.75, 3.05) is 5.75 Å². The molecule has 2 atom stereocenters. The third-order valence-electron chi connectivity index (χ3n) is 1.50. The predicted molar refractivity (Wildman–Crippen MR) is 50.4 cm³/mol. The van der Waals surface area contributed by atoms with Crippen LogP contribution < -0.4 is 5.73 Å². The highest BCUT2D eigenvalue weighted by Crippen LogP contribution is 2.17. The van der Waals surface area contributed by atoms with Gasteiger partial charge in [-0.2, -0.15) is 17.0 Å². The molecule has 0 fully saturated rings. The van der Waals surface area contributed by atoms with Crippen molar-refractivity contribution in [2.24, 2.45) is 5.73 Å². The van der Waals surface area contributed by atoms with Crippen molar-refractivity contribution in [1.82, 2.24) is 0 Å². The second-order valence-corrected chi connectivity index (χ2v) is 4.49. The standard InChI is InChI=1S/C8H16N2S/c1-4-7(2)11-6-8(3,10)5-9/h7H,4,6,10H2,1-3H3. The maximum Gasteiger partial charge on any atom is 0.110 e. The lowest BCUT2D eigenvalue weighted by molar-refractivity contribution is 0.679. The zero-order chi connectivity index (χ0) is 8.91. The molecule has 0 bridgehead atoms. The number of hydrogen-bond acceptors (Lipinski definition) is 3. The number of nitrogens with zero attached hydrogens (tertiary/aromatic N) is 1. The highest BCUT2D eigenvalue weighted by atomic mass is 32.2. The summed E-state index contributed by atoms with van der Waals surface area (Å²) in [7, 11) is 0. The van der Waals surface area contributed by atoms with Crippen molar-refractivity contribution >= 4 is 11.8 Å². The molecule has 0 radical (unpaired) electrons. The van der Waals surface area contributed by atoms with Gasteiger partial charge in [0.15, 0.2) is 0 Å². The van der Waals surface area contributed by atoms with E-state index in [2.05, 4.69) is 19.9 Å². The summed E-state index contributed by atoms with van der Waals surface area (Å²) in [6.45, 7) is 6.05. The Morgan fingerprint density at radius 1 is 1.73 bits per heavy atom. The Morgan fingerprint density at radius 2 is 2.27 bits per heavy atom. The highest BCUT2D eigenvalue weighted by molar-refractivity contribution is 7.99. The molecule has 0 rings (SSSR count).